The molecule has 7 heteroatoms. The number of anilines is 1. The third-order valence-corrected chi connectivity index (χ3v) is 2.94. The zero-order valence-corrected chi connectivity index (χ0v) is 9.72. The summed E-state index contributed by atoms with van der Waals surface area (Å²) in [6.07, 6.45) is 3.74. The lowest BCUT2D eigenvalue weighted by atomic mass is 10.3. The maximum atomic E-state index is 10.4. The molecule has 0 bridgehead atoms. The number of pyridine rings is 1. The van der Waals surface area contributed by atoms with Gasteiger partial charge in [0, 0.05) is 17.7 Å². The summed E-state index contributed by atoms with van der Waals surface area (Å²) in [5.74, 6) is -0.536. The van der Waals surface area contributed by atoms with Crippen LogP contribution in [0.15, 0.2) is 24.5 Å². The van der Waals surface area contributed by atoms with Crippen molar-refractivity contribution in [3.63, 3.8) is 0 Å². The Balaban J connectivity index is 2.10. The van der Waals surface area contributed by atoms with Gasteiger partial charge >= 0.3 is 5.97 Å². The van der Waals surface area contributed by atoms with Crippen molar-refractivity contribution in [2.45, 2.75) is 13.0 Å². The lowest BCUT2D eigenvalue weighted by molar-refractivity contribution is -0.695. The molecular weight excluding hydrogens is 240 g/mol. The summed E-state index contributed by atoms with van der Waals surface area (Å²) in [5, 5.41) is 9.32. The van der Waals surface area contributed by atoms with Gasteiger partial charge in [-0.25, -0.2) is 4.57 Å². The molecule has 0 aromatic carbocycles. The molecule has 2 rings (SSSR count). The van der Waals surface area contributed by atoms with Gasteiger partial charge in [-0.3, -0.25) is 4.79 Å². The van der Waals surface area contributed by atoms with Crippen LogP contribution >= 0.6 is 11.5 Å². The van der Waals surface area contributed by atoms with Crippen molar-refractivity contribution < 1.29 is 14.5 Å². The van der Waals surface area contributed by atoms with E-state index in [4.69, 9.17) is 10.8 Å². The Bertz CT molecular complexity index is 523. The molecule has 0 saturated carbocycles. The van der Waals surface area contributed by atoms with Crippen LogP contribution in [-0.4, -0.2) is 20.4 Å². The highest BCUT2D eigenvalue weighted by Gasteiger charge is 2.08. The molecule has 2 heterocycles. The van der Waals surface area contributed by atoms with Crippen LogP contribution in [0.2, 0.25) is 0 Å². The summed E-state index contributed by atoms with van der Waals surface area (Å²) >= 11 is 1.24. The van der Waals surface area contributed by atoms with E-state index in [2.05, 4.69) is 9.36 Å². The van der Waals surface area contributed by atoms with Crippen LogP contribution in [-0.2, 0) is 11.3 Å². The van der Waals surface area contributed by atoms with Crippen LogP contribution in [0.1, 0.15) is 6.42 Å². The predicted octanol–water partition coefficient (Wildman–Crippen LogP) is 0.549. The van der Waals surface area contributed by atoms with Crippen molar-refractivity contribution in [2.24, 2.45) is 0 Å². The highest BCUT2D eigenvalue weighted by molar-refractivity contribution is 7.09. The van der Waals surface area contributed by atoms with Gasteiger partial charge in [-0.05, 0) is 11.5 Å². The summed E-state index contributed by atoms with van der Waals surface area (Å²) in [6.45, 7) is 0.452. The van der Waals surface area contributed by atoms with Crippen molar-refractivity contribution in [3.8, 4) is 10.6 Å². The molecule has 88 valence electrons. The van der Waals surface area contributed by atoms with Crippen LogP contribution in [0.25, 0.3) is 10.6 Å². The largest absolute Gasteiger partial charge is 0.481 e. The van der Waals surface area contributed by atoms with E-state index in [-0.39, 0.29) is 12.4 Å². The number of aromatic nitrogens is 3. The second-order valence-electron chi connectivity index (χ2n) is 3.43. The number of carboxylic acids is 1. The third kappa shape index (κ3) is 2.97. The van der Waals surface area contributed by atoms with E-state index >= 15 is 0 Å². The molecule has 2 aromatic heterocycles. The highest BCUT2D eigenvalue weighted by Crippen LogP contribution is 2.20. The first-order chi connectivity index (χ1) is 8.15. The Kier molecular flexibility index (Phi) is 3.29. The quantitative estimate of drug-likeness (QED) is 0.774. The number of nitrogens with two attached hydrogens (primary N) is 1. The van der Waals surface area contributed by atoms with E-state index < -0.39 is 5.97 Å². The fourth-order valence-electron chi connectivity index (χ4n) is 1.33. The number of nitrogens with zero attached hydrogens (tertiary/aromatic N) is 3. The van der Waals surface area contributed by atoms with Gasteiger partial charge in [-0.2, -0.15) is 9.36 Å². The minimum Gasteiger partial charge on any atom is -0.481 e. The fourth-order valence-corrected chi connectivity index (χ4v) is 1.92. The molecular formula is C10H11N4O2S+. The number of nitrogen functional groups attached to an aromatic ring is 1. The summed E-state index contributed by atoms with van der Waals surface area (Å²) in [6, 6.07) is 3.73. The molecule has 0 saturated heterocycles. The molecule has 6 nitrogen and oxygen atoms in total. The SMILES string of the molecule is Nc1nsc(-c2cc[n+](CCC(=O)O)cc2)n1. The molecule has 2 aromatic rings. The summed E-state index contributed by atoms with van der Waals surface area (Å²) < 4.78 is 5.71. The monoisotopic (exact) mass is 251 g/mol. The number of aliphatic carboxylic acids is 1. The third-order valence-electron chi connectivity index (χ3n) is 2.16. The van der Waals surface area contributed by atoms with Gasteiger partial charge in [-0.15, -0.1) is 0 Å². The van der Waals surface area contributed by atoms with Crippen molar-refractivity contribution in [1.82, 2.24) is 9.36 Å². The van der Waals surface area contributed by atoms with Crippen LogP contribution in [0.3, 0.4) is 0 Å². The number of hydrogen-bond acceptors (Lipinski definition) is 5. The van der Waals surface area contributed by atoms with Gasteiger partial charge in [0.15, 0.2) is 18.9 Å². The maximum Gasteiger partial charge on any atom is 0.309 e. The number of carboxylic acid groups (broad SMARTS) is 1. The second-order valence-corrected chi connectivity index (χ2v) is 4.18. The van der Waals surface area contributed by atoms with E-state index in [9.17, 15) is 4.79 Å². The molecule has 0 unspecified atom stereocenters. The molecule has 0 aliphatic carbocycles. The second kappa shape index (κ2) is 4.88. The molecule has 0 amide bonds. The molecule has 17 heavy (non-hydrogen) atoms. The molecule has 3 N–H and O–H groups in total. The van der Waals surface area contributed by atoms with Gasteiger partial charge in [0.1, 0.15) is 11.4 Å². The van der Waals surface area contributed by atoms with Crippen molar-refractivity contribution >= 4 is 23.5 Å². The number of carbonyl (C=O) groups is 1. The highest BCUT2D eigenvalue weighted by atomic mass is 32.1. The summed E-state index contributed by atoms with van der Waals surface area (Å²) in [4.78, 5) is 14.5. The van der Waals surface area contributed by atoms with Crippen molar-refractivity contribution in [2.75, 3.05) is 5.73 Å². The van der Waals surface area contributed by atoms with Crippen molar-refractivity contribution in [1.29, 1.82) is 0 Å². The number of aryl methyl sites for hydroxylation is 1. The fraction of sp³-hybridized carbons (Fsp3) is 0.200. The van der Waals surface area contributed by atoms with Gasteiger partial charge in [-0.1, -0.05) is 0 Å². The van der Waals surface area contributed by atoms with E-state index in [1.165, 1.54) is 11.5 Å². The number of rotatable bonds is 4. The Hall–Kier alpha value is -2.02. The minimum atomic E-state index is -0.807. The lowest BCUT2D eigenvalue weighted by Gasteiger charge is -1.95. The maximum absolute atomic E-state index is 10.4. The first-order valence-electron chi connectivity index (χ1n) is 4.95. The van der Waals surface area contributed by atoms with Crippen LogP contribution in [0, 0.1) is 0 Å². The van der Waals surface area contributed by atoms with E-state index in [0.717, 1.165) is 10.6 Å². The van der Waals surface area contributed by atoms with Crippen LogP contribution in [0.4, 0.5) is 5.95 Å². The number of hydrogen-bond donors (Lipinski definition) is 2. The average Bonchev–Trinajstić information content (AvgIpc) is 2.74. The van der Waals surface area contributed by atoms with E-state index in [1.807, 2.05) is 29.1 Å². The summed E-state index contributed by atoms with van der Waals surface area (Å²) in [5.41, 5.74) is 6.37. The Labute approximate surface area is 102 Å². The molecule has 0 radical (unpaired) electrons. The molecule has 0 aliphatic rings. The summed E-state index contributed by atoms with van der Waals surface area (Å²) in [7, 11) is 0. The topological polar surface area (TPSA) is 93.0 Å². The predicted molar refractivity (Wildman–Crippen MR) is 62.2 cm³/mol. The molecule has 0 spiro atoms. The van der Waals surface area contributed by atoms with Gasteiger partial charge in [0.25, 0.3) is 0 Å². The molecule has 0 atom stereocenters. The first kappa shape index (κ1) is 11.5. The minimum absolute atomic E-state index is 0.107. The molecule has 0 fully saturated rings. The normalized spacial score (nSPS) is 10.4. The molecule has 0 aliphatic heterocycles. The Morgan fingerprint density at radius 2 is 2.18 bits per heavy atom. The van der Waals surface area contributed by atoms with Crippen LogP contribution < -0.4 is 10.3 Å². The van der Waals surface area contributed by atoms with Crippen molar-refractivity contribution in [3.05, 3.63) is 24.5 Å². The standard InChI is InChI=1S/C10H10N4O2S/c11-10-12-9(17-13-10)7-1-4-14(5-2-7)6-3-8(15)16/h1-2,4-5H,3,6H2,(H2-,11,13,15,16)/p+1. The van der Waals surface area contributed by atoms with Gasteiger partial charge in [0.2, 0.25) is 5.95 Å². The van der Waals surface area contributed by atoms with E-state index in [1.54, 1.807) is 0 Å². The van der Waals surface area contributed by atoms with Gasteiger partial charge < -0.3 is 10.8 Å². The zero-order valence-electron chi connectivity index (χ0n) is 8.91. The Morgan fingerprint density at radius 1 is 1.47 bits per heavy atom. The van der Waals surface area contributed by atoms with E-state index in [0.29, 0.717) is 6.54 Å². The zero-order chi connectivity index (χ0) is 12.3. The van der Waals surface area contributed by atoms with Gasteiger partial charge in [0.05, 0.1) is 0 Å². The first-order valence-corrected chi connectivity index (χ1v) is 5.73. The Morgan fingerprint density at radius 3 is 2.71 bits per heavy atom. The smallest absolute Gasteiger partial charge is 0.309 e. The average molecular weight is 251 g/mol. The lowest BCUT2D eigenvalue weighted by Crippen LogP contribution is -2.33. The van der Waals surface area contributed by atoms with Crippen LogP contribution in [0.5, 0.6) is 0 Å².